The lowest BCUT2D eigenvalue weighted by Crippen LogP contribution is -2.31. The second-order valence-electron chi connectivity index (χ2n) is 7.12. The summed E-state index contributed by atoms with van der Waals surface area (Å²) < 4.78 is 0. The van der Waals surface area contributed by atoms with Crippen LogP contribution in [0.2, 0.25) is 0 Å². The first-order valence-corrected chi connectivity index (χ1v) is 8.68. The monoisotopic (exact) mass is 328 g/mol. The molecular formula is C18H28N6. The van der Waals surface area contributed by atoms with E-state index in [0.717, 1.165) is 26.4 Å². The first kappa shape index (κ1) is 16.6. The number of hydrazone groups is 2. The van der Waals surface area contributed by atoms with Crippen molar-refractivity contribution < 1.29 is 0 Å². The van der Waals surface area contributed by atoms with Crippen LogP contribution < -0.4 is 0 Å². The number of benzene rings is 1. The third kappa shape index (κ3) is 3.99. The van der Waals surface area contributed by atoms with Crippen LogP contribution in [0.4, 0.5) is 0 Å². The SMILES string of the molecule is CC(C)N1CN(Cc2cccc(CN3C=NN(C(C)C)C3)c2)C=N1. The molecule has 0 bridgehead atoms. The molecule has 0 saturated heterocycles. The fraction of sp³-hybridized carbons (Fsp3) is 0.556. The lowest BCUT2D eigenvalue weighted by atomic mass is 10.1. The van der Waals surface area contributed by atoms with Gasteiger partial charge in [-0.1, -0.05) is 24.3 Å². The highest BCUT2D eigenvalue weighted by atomic mass is 15.6. The summed E-state index contributed by atoms with van der Waals surface area (Å²) in [5, 5.41) is 13.1. The minimum atomic E-state index is 0.441. The third-order valence-corrected chi connectivity index (χ3v) is 4.33. The Hall–Kier alpha value is -2.24. The Labute approximate surface area is 145 Å². The highest BCUT2D eigenvalue weighted by Gasteiger charge is 2.18. The zero-order chi connectivity index (χ0) is 17.1. The maximum Gasteiger partial charge on any atom is 0.113 e. The van der Waals surface area contributed by atoms with E-state index in [1.165, 1.54) is 11.1 Å². The fourth-order valence-corrected chi connectivity index (χ4v) is 2.87. The van der Waals surface area contributed by atoms with Gasteiger partial charge in [-0.15, -0.1) is 0 Å². The molecule has 0 aliphatic carbocycles. The Balaban J connectivity index is 1.56. The minimum absolute atomic E-state index is 0.441. The molecule has 1 aromatic carbocycles. The molecule has 2 aliphatic rings. The van der Waals surface area contributed by atoms with Gasteiger partial charge in [0.1, 0.15) is 26.0 Å². The van der Waals surface area contributed by atoms with Gasteiger partial charge in [0.05, 0.1) is 0 Å². The van der Waals surface area contributed by atoms with Gasteiger partial charge in [0, 0.05) is 25.2 Å². The van der Waals surface area contributed by atoms with Gasteiger partial charge in [-0.2, -0.15) is 10.2 Å². The molecule has 0 unspecified atom stereocenters. The smallest absolute Gasteiger partial charge is 0.113 e. The van der Waals surface area contributed by atoms with Crippen molar-refractivity contribution in [2.45, 2.75) is 52.9 Å². The van der Waals surface area contributed by atoms with Crippen molar-refractivity contribution >= 4 is 12.7 Å². The second-order valence-corrected chi connectivity index (χ2v) is 7.12. The molecule has 0 atom stereocenters. The van der Waals surface area contributed by atoms with E-state index < -0.39 is 0 Å². The van der Waals surface area contributed by atoms with E-state index >= 15 is 0 Å². The average Bonchev–Trinajstić information content (AvgIpc) is 3.17. The third-order valence-electron chi connectivity index (χ3n) is 4.33. The summed E-state index contributed by atoms with van der Waals surface area (Å²) in [6.45, 7) is 12.2. The zero-order valence-electron chi connectivity index (χ0n) is 15.1. The van der Waals surface area contributed by atoms with E-state index in [1.54, 1.807) is 0 Å². The summed E-state index contributed by atoms with van der Waals surface area (Å²) in [6, 6.07) is 9.69. The second kappa shape index (κ2) is 7.11. The van der Waals surface area contributed by atoms with Crippen molar-refractivity contribution in [3.05, 3.63) is 35.4 Å². The van der Waals surface area contributed by atoms with Gasteiger partial charge < -0.3 is 9.80 Å². The topological polar surface area (TPSA) is 37.7 Å². The average molecular weight is 328 g/mol. The van der Waals surface area contributed by atoms with Crippen molar-refractivity contribution in [3.8, 4) is 0 Å². The number of hydrogen-bond acceptors (Lipinski definition) is 6. The lowest BCUT2D eigenvalue weighted by Gasteiger charge is -2.23. The van der Waals surface area contributed by atoms with Crippen molar-refractivity contribution in [1.29, 1.82) is 0 Å². The summed E-state index contributed by atoms with van der Waals surface area (Å²) in [7, 11) is 0. The molecule has 6 nitrogen and oxygen atoms in total. The first-order valence-electron chi connectivity index (χ1n) is 8.68. The first-order chi connectivity index (χ1) is 11.5. The predicted molar refractivity (Wildman–Crippen MR) is 98.2 cm³/mol. The highest BCUT2D eigenvalue weighted by molar-refractivity contribution is 5.57. The van der Waals surface area contributed by atoms with Crippen molar-refractivity contribution in [3.63, 3.8) is 0 Å². The molecule has 0 amide bonds. The van der Waals surface area contributed by atoms with Crippen LogP contribution in [-0.2, 0) is 13.1 Å². The van der Waals surface area contributed by atoms with Gasteiger partial charge in [0.15, 0.2) is 0 Å². The zero-order valence-corrected chi connectivity index (χ0v) is 15.1. The Bertz CT molecular complexity index is 560. The Morgan fingerprint density at radius 1 is 0.833 bits per heavy atom. The van der Waals surface area contributed by atoms with Crippen LogP contribution in [-0.4, -0.2) is 57.9 Å². The van der Waals surface area contributed by atoms with E-state index in [-0.39, 0.29) is 0 Å². The predicted octanol–water partition coefficient (Wildman–Crippen LogP) is 2.54. The van der Waals surface area contributed by atoms with E-state index in [0.29, 0.717) is 12.1 Å². The van der Waals surface area contributed by atoms with Crippen LogP contribution in [0.5, 0.6) is 0 Å². The van der Waals surface area contributed by atoms with E-state index in [4.69, 9.17) is 0 Å². The fourth-order valence-electron chi connectivity index (χ4n) is 2.87. The molecule has 0 fully saturated rings. The highest BCUT2D eigenvalue weighted by Crippen LogP contribution is 2.15. The molecule has 0 saturated carbocycles. The van der Waals surface area contributed by atoms with Crippen LogP contribution >= 0.6 is 0 Å². The molecule has 3 rings (SSSR count). The van der Waals surface area contributed by atoms with E-state index in [1.807, 2.05) is 12.7 Å². The maximum absolute atomic E-state index is 4.45. The van der Waals surface area contributed by atoms with Gasteiger partial charge in [-0.25, -0.2) is 0 Å². The molecular weight excluding hydrogens is 300 g/mol. The normalized spacial score (nSPS) is 17.2. The quantitative estimate of drug-likeness (QED) is 0.804. The molecule has 1 aromatic rings. The van der Waals surface area contributed by atoms with Crippen molar-refractivity contribution in [2.75, 3.05) is 13.3 Å². The molecule has 24 heavy (non-hydrogen) atoms. The molecule has 2 aliphatic heterocycles. The maximum atomic E-state index is 4.45. The molecule has 0 spiro atoms. The number of hydrogen-bond donors (Lipinski definition) is 0. The standard InChI is InChI=1S/C18H28N6/c1-15(2)23-13-21(11-19-23)9-17-6-5-7-18(8-17)10-22-12-20-24(14-22)16(3)4/h5-8,11-12,15-16H,9-10,13-14H2,1-4H3. The molecule has 0 N–H and O–H groups in total. The largest absolute Gasteiger partial charge is 0.338 e. The van der Waals surface area contributed by atoms with Crippen LogP contribution in [0.3, 0.4) is 0 Å². The Morgan fingerprint density at radius 3 is 1.67 bits per heavy atom. The van der Waals surface area contributed by atoms with Gasteiger partial charge in [-0.3, -0.25) is 10.0 Å². The van der Waals surface area contributed by atoms with Gasteiger partial charge in [-0.05, 0) is 38.8 Å². The summed E-state index contributed by atoms with van der Waals surface area (Å²) in [5.41, 5.74) is 2.64. The molecule has 2 heterocycles. The minimum Gasteiger partial charge on any atom is -0.338 e. The Morgan fingerprint density at radius 2 is 1.29 bits per heavy atom. The van der Waals surface area contributed by atoms with E-state index in [9.17, 15) is 0 Å². The van der Waals surface area contributed by atoms with E-state index in [2.05, 4.69) is 82.0 Å². The van der Waals surface area contributed by atoms with Crippen LogP contribution in [0, 0.1) is 0 Å². The summed E-state index contributed by atoms with van der Waals surface area (Å²) in [6.07, 6.45) is 3.89. The Kier molecular flexibility index (Phi) is 4.92. The summed E-state index contributed by atoms with van der Waals surface area (Å²) in [4.78, 5) is 4.49. The van der Waals surface area contributed by atoms with Gasteiger partial charge in [0.25, 0.3) is 0 Å². The molecule has 130 valence electrons. The molecule has 0 radical (unpaired) electrons. The van der Waals surface area contributed by atoms with Crippen LogP contribution in [0.15, 0.2) is 34.5 Å². The van der Waals surface area contributed by atoms with Gasteiger partial charge in [0.2, 0.25) is 0 Å². The number of nitrogens with zero attached hydrogens (tertiary/aromatic N) is 6. The summed E-state index contributed by atoms with van der Waals surface area (Å²) in [5.74, 6) is 0. The lowest BCUT2D eigenvalue weighted by molar-refractivity contribution is 0.189. The van der Waals surface area contributed by atoms with Crippen molar-refractivity contribution in [2.24, 2.45) is 10.2 Å². The molecule has 0 aromatic heterocycles. The summed E-state index contributed by atoms with van der Waals surface area (Å²) >= 11 is 0. The number of rotatable bonds is 6. The molecule has 6 heteroatoms. The van der Waals surface area contributed by atoms with Gasteiger partial charge >= 0.3 is 0 Å². The van der Waals surface area contributed by atoms with Crippen LogP contribution in [0.1, 0.15) is 38.8 Å². The van der Waals surface area contributed by atoms with Crippen LogP contribution in [0.25, 0.3) is 0 Å². The van der Waals surface area contributed by atoms with Crippen molar-refractivity contribution in [1.82, 2.24) is 19.8 Å².